The Balaban J connectivity index is 3.05. The second-order valence-electron chi connectivity index (χ2n) is 2.96. The van der Waals surface area contributed by atoms with Crippen LogP contribution in [-0.4, -0.2) is 32.4 Å². The molecule has 1 saturated heterocycles. The fourth-order valence-corrected chi connectivity index (χ4v) is 12.9. The van der Waals surface area contributed by atoms with Crippen molar-refractivity contribution in [1.29, 1.82) is 0 Å². The molecule has 0 atom stereocenters. The fourth-order valence-electron chi connectivity index (χ4n) is 1.17. The van der Waals surface area contributed by atoms with Gasteiger partial charge in [0.1, 0.15) is 17.7 Å². The Morgan fingerprint density at radius 1 is 0.667 bits per heavy atom. The van der Waals surface area contributed by atoms with Crippen LogP contribution in [0, 0.1) is 0 Å². The number of hydrogen-bond donors (Lipinski definition) is 3. The van der Waals surface area contributed by atoms with E-state index in [0.717, 1.165) is 0 Å². The van der Waals surface area contributed by atoms with Crippen molar-refractivity contribution in [3.05, 3.63) is 0 Å². The molecule has 0 radical (unpaired) electrons. The van der Waals surface area contributed by atoms with Gasteiger partial charge in [0.15, 0.2) is 0 Å². The van der Waals surface area contributed by atoms with E-state index in [4.69, 9.17) is 14.7 Å². The lowest BCUT2D eigenvalue weighted by Crippen LogP contribution is -2.08. The molecule has 0 saturated carbocycles. The van der Waals surface area contributed by atoms with Gasteiger partial charge in [-0.25, -0.2) is 0 Å². The van der Waals surface area contributed by atoms with Crippen molar-refractivity contribution in [3.63, 3.8) is 0 Å². The van der Waals surface area contributed by atoms with Crippen LogP contribution in [0.2, 0.25) is 0 Å². The minimum atomic E-state index is -3.86. The summed E-state index contributed by atoms with van der Waals surface area (Å²) in [6, 6.07) is 0. The predicted molar refractivity (Wildman–Crippen MR) is 44.1 cm³/mol. The minimum Gasteiger partial charge on any atom is -0.344 e. The van der Waals surface area contributed by atoms with Gasteiger partial charge in [-0.1, -0.05) is 0 Å². The molecule has 0 aromatic rings. The van der Waals surface area contributed by atoms with Gasteiger partial charge in [-0.05, 0) is 0 Å². The van der Waals surface area contributed by atoms with E-state index in [1.807, 2.05) is 0 Å². The lowest BCUT2D eigenvalue weighted by Gasteiger charge is -2.25. The van der Waals surface area contributed by atoms with E-state index in [-0.39, 0.29) is 0 Å². The summed E-state index contributed by atoms with van der Waals surface area (Å²) in [5, 5.41) is 0. The van der Waals surface area contributed by atoms with E-state index in [9.17, 15) is 13.7 Å². The maximum absolute atomic E-state index is 11.0. The van der Waals surface area contributed by atoms with Crippen LogP contribution in [0.4, 0.5) is 0 Å². The summed E-state index contributed by atoms with van der Waals surface area (Å²) in [6.45, 7) is 0. The molecule has 1 heterocycles. The molecule has 72 valence electrons. The number of hydrogen-bond acceptors (Lipinski definition) is 3. The third-order valence-electron chi connectivity index (χ3n) is 1.33. The van der Waals surface area contributed by atoms with Gasteiger partial charge in [-0.2, -0.15) is 0 Å². The Morgan fingerprint density at radius 3 is 1.00 bits per heavy atom. The van der Waals surface area contributed by atoms with E-state index >= 15 is 0 Å². The van der Waals surface area contributed by atoms with E-state index < -0.39 is 39.8 Å². The molecule has 9 heteroatoms. The fraction of sp³-hybridized carbons (Fsp3) is 1.00. The van der Waals surface area contributed by atoms with Gasteiger partial charge < -0.3 is 14.7 Å². The largest absolute Gasteiger partial charge is 0.344 e. The first-order chi connectivity index (χ1) is 5.12. The van der Waals surface area contributed by atoms with E-state index in [1.165, 1.54) is 0 Å². The molecule has 0 aromatic carbocycles. The van der Waals surface area contributed by atoms with Gasteiger partial charge in [0.05, 0.1) is 0 Å². The summed E-state index contributed by atoms with van der Waals surface area (Å²) >= 11 is 0. The highest BCUT2D eigenvalue weighted by Crippen LogP contribution is 2.74. The molecule has 12 heavy (non-hydrogen) atoms. The predicted octanol–water partition coefficient (Wildman–Crippen LogP) is 0.684. The van der Waals surface area contributed by atoms with Crippen LogP contribution in [0.15, 0.2) is 0 Å². The van der Waals surface area contributed by atoms with Crippen LogP contribution in [0.1, 0.15) is 0 Å². The molecule has 1 aliphatic heterocycles. The molecular formula is C3H9O6P3. The minimum absolute atomic E-state index is 0.732. The van der Waals surface area contributed by atoms with E-state index in [0.29, 0.717) is 0 Å². The summed E-state index contributed by atoms with van der Waals surface area (Å²) in [5.74, 6) is -2.19. The van der Waals surface area contributed by atoms with E-state index in [2.05, 4.69) is 0 Å². The third-order valence-corrected chi connectivity index (χ3v) is 11.9. The quantitative estimate of drug-likeness (QED) is 0.531. The standard InChI is InChI=1S/C3H9O6P3/c4-10(5)1-11(6,7)3-12(8,9)2-10/h1-3H2,(H,4,5)(H,6,7)(H,8,9). The van der Waals surface area contributed by atoms with Gasteiger partial charge in [0.2, 0.25) is 22.1 Å². The van der Waals surface area contributed by atoms with Crippen LogP contribution < -0.4 is 0 Å². The monoisotopic (exact) mass is 234 g/mol. The highest BCUT2D eigenvalue weighted by molar-refractivity contribution is 7.91. The van der Waals surface area contributed by atoms with Crippen molar-refractivity contribution in [2.45, 2.75) is 0 Å². The lowest BCUT2D eigenvalue weighted by molar-refractivity contribution is 0.452. The van der Waals surface area contributed by atoms with Gasteiger partial charge in [-0.3, -0.25) is 13.7 Å². The molecule has 0 aromatic heterocycles. The normalized spacial score (nSPS) is 55.2. The number of rotatable bonds is 0. The zero-order valence-electron chi connectivity index (χ0n) is 6.03. The molecule has 1 fully saturated rings. The molecule has 0 aliphatic carbocycles. The van der Waals surface area contributed by atoms with Crippen LogP contribution in [0.25, 0.3) is 0 Å². The van der Waals surface area contributed by atoms with E-state index in [1.54, 1.807) is 0 Å². The second-order valence-corrected chi connectivity index (χ2v) is 11.4. The summed E-state index contributed by atoms with van der Waals surface area (Å²) < 4.78 is 32.9. The van der Waals surface area contributed by atoms with Crippen molar-refractivity contribution in [2.75, 3.05) is 17.7 Å². The molecular weight excluding hydrogens is 225 g/mol. The average Bonchev–Trinajstić information content (AvgIpc) is 1.44. The van der Waals surface area contributed by atoms with Gasteiger partial charge >= 0.3 is 0 Å². The van der Waals surface area contributed by atoms with Gasteiger partial charge in [-0.15, -0.1) is 0 Å². The summed E-state index contributed by atoms with van der Waals surface area (Å²) in [5.41, 5.74) is 0. The topological polar surface area (TPSA) is 112 Å². The summed E-state index contributed by atoms with van der Waals surface area (Å²) in [6.07, 6.45) is 0. The zero-order chi connectivity index (χ0) is 9.62. The molecule has 0 amide bonds. The molecule has 0 unspecified atom stereocenters. The molecule has 1 aliphatic rings. The summed E-state index contributed by atoms with van der Waals surface area (Å²) in [4.78, 5) is 26.8. The smallest absolute Gasteiger partial charge is 0.219 e. The zero-order valence-corrected chi connectivity index (χ0v) is 8.71. The van der Waals surface area contributed by atoms with Crippen molar-refractivity contribution < 1.29 is 28.4 Å². The van der Waals surface area contributed by atoms with Gasteiger partial charge in [0, 0.05) is 0 Å². The Labute approximate surface area is 69.0 Å². The highest BCUT2D eigenvalue weighted by Gasteiger charge is 2.46. The van der Waals surface area contributed by atoms with Crippen LogP contribution in [0.5, 0.6) is 0 Å². The molecule has 3 N–H and O–H groups in total. The first kappa shape index (κ1) is 10.6. The summed E-state index contributed by atoms with van der Waals surface area (Å²) in [7, 11) is -11.6. The van der Waals surface area contributed by atoms with Crippen molar-refractivity contribution in [2.24, 2.45) is 0 Å². The van der Waals surface area contributed by atoms with Crippen molar-refractivity contribution in [1.82, 2.24) is 0 Å². The molecule has 0 spiro atoms. The first-order valence-corrected chi connectivity index (χ1v) is 9.14. The first-order valence-electron chi connectivity index (χ1n) is 3.05. The van der Waals surface area contributed by atoms with Crippen LogP contribution >= 0.6 is 22.1 Å². The average molecular weight is 234 g/mol. The Hall–Kier alpha value is 0.570. The highest BCUT2D eigenvalue weighted by atomic mass is 31.3. The van der Waals surface area contributed by atoms with Gasteiger partial charge in [0.25, 0.3) is 0 Å². The van der Waals surface area contributed by atoms with Crippen LogP contribution in [-0.2, 0) is 13.7 Å². The van der Waals surface area contributed by atoms with Crippen LogP contribution in [0.3, 0.4) is 0 Å². The SMILES string of the molecule is O=P1(O)CP(=O)(O)CP(=O)(O)C1. The third kappa shape index (κ3) is 2.81. The molecule has 1 rings (SSSR count). The Bertz CT molecular complexity index is 263. The Kier molecular flexibility index (Phi) is 2.47. The molecule has 0 bridgehead atoms. The maximum Gasteiger partial charge on any atom is 0.219 e. The van der Waals surface area contributed by atoms with Crippen molar-refractivity contribution in [3.8, 4) is 0 Å². The maximum atomic E-state index is 11.0. The molecule has 6 nitrogen and oxygen atoms in total. The lowest BCUT2D eigenvalue weighted by atomic mass is 11.8. The van der Waals surface area contributed by atoms with Crippen molar-refractivity contribution >= 4 is 22.1 Å². The second kappa shape index (κ2) is 2.78. The Morgan fingerprint density at radius 2 is 0.833 bits per heavy atom.